The molecule has 1 aromatic carbocycles. The molecule has 0 unspecified atom stereocenters. The lowest BCUT2D eigenvalue weighted by atomic mass is 10.2. The largest absolute Gasteiger partial charge is 0.490 e. The number of carbonyl (C=O) groups is 2. The number of carboxylic acid groups (broad SMARTS) is 1. The topological polar surface area (TPSA) is 66.8 Å². The number of aliphatic carboxylic acids is 1. The van der Waals surface area contributed by atoms with Gasteiger partial charge in [-0.05, 0) is 43.9 Å². The van der Waals surface area contributed by atoms with Crippen LogP contribution in [0, 0.1) is 0 Å². The summed E-state index contributed by atoms with van der Waals surface area (Å²) in [5.74, 6) is -0.388. The first-order valence-corrected chi connectivity index (χ1v) is 7.30. The van der Waals surface area contributed by atoms with Gasteiger partial charge in [0.25, 0.3) is 5.91 Å². The molecule has 0 radical (unpaired) electrons. The number of rotatable bonds is 6. The Hall–Kier alpha value is -2.04. The summed E-state index contributed by atoms with van der Waals surface area (Å²) in [6.07, 6.45) is 4.72. The molecule has 0 spiro atoms. The third-order valence-corrected chi connectivity index (χ3v) is 3.69. The van der Waals surface area contributed by atoms with Crippen molar-refractivity contribution < 1.29 is 19.4 Å². The summed E-state index contributed by atoms with van der Waals surface area (Å²) in [5.41, 5.74) is 0.526. The second-order valence-corrected chi connectivity index (χ2v) is 5.42. The van der Waals surface area contributed by atoms with Gasteiger partial charge in [-0.3, -0.25) is 9.59 Å². The molecular formula is C16H21NO4. The van der Waals surface area contributed by atoms with E-state index in [2.05, 4.69) is 0 Å². The zero-order chi connectivity index (χ0) is 15.2. The van der Waals surface area contributed by atoms with Crippen molar-refractivity contribution >= 4 is 11.9 Å². The van der Waals surface area contributed by atoms with Crippen LogP contribution in [-0.2, 0) is 4.79 Å². The van der Waals surface area contributed by atoms with Crippen LogP contribution in [0.3, 0.4) is 0 Å². The Balaban J connectivity index is 1.98. The number of nitrogens with zero attached hydrogens (tertiary/aromatic N) is 1. The van der Waals surface area contributed by atoms with E-state index in [0.717, 1.165) is 12.8 Å². The van der Waals surface area contributed by atoms with Gasteiger partial charge in [0.15, 0.2) is 0 Å². The van der Waals surface area contributed by atoms with Gasteiger partial charge >= 0.3 is 5.97 Å². The van der Waals surface area contributed by atoms with E-state index in [1.807, 2.05) is 6.07 Å². The van der Waals surface area contributed by atoms with E-state index in [9.17, 15) is 9.59 Å². The van der Waals surface area contributed by atoms with E-state index in [0.29, 0.717) is 11.3 Å². The van der Waals surface area contributed by atoms with Crippen LogP contribution >= 0.6 is 0 Å². The molecule has 0 heterocycles. The highest BCUT2D eigenvalue weighted by Gasteiger charge is 2.18. The number of benzene rings is 1. The van der Waals surface area contributed by atoms with Gasteiger partial charge in [-0.1, -0.05) is 6.07 Å². The Morgan fingerprint density at radius 1 is 1.33 bits per heavy atom. The summed E-state index contributed by atoms with van der Waals surface area (Å²) in [6, 6.07) is 7.11. The zero-order valence-electron chi connectivity index (χ0n) is 12.2. The van der Waals surface area contributed by atoms with Gasteiger partial charge in [-0.15, -0.1) is 0 Å². The number of carbonyl (C=O) groups excluding carboxylic acids is 1. The van der Waals surface area contributed by atoms with Crippen LogP contribution < -0.4 is 4.74 Å². The van der Waals surface area contributed by atoms with Gasteiger partial charge in [0.05, 0.1) is 12.5 Å². The molecule has 1 aromatic rings. The SMILES string of the molecule is CN(CCC(=O)O)C(=O)c1cccc(OC2CCCC2)c1. The highest BCUT2D eigenvalue weighted by molar-refractivity contribution is 5.94. The minimum atomic E-state index is -0.909. The highest BCUT2D eigenvalue weighted by atomic mass is 16.5. The average Bonchev–Trinajstić information content (AvgIpc) is 2.97. The van der Waals surface area contributed by atoms with Crippen LogP contribution in [0.2, 0.25) is 0 Å². The quantitative estimate of drug-likeness (QED) is 0.874. The Kier molecular flexibility index (Phi) is 5.20. The summed E-state index contributed by atoms with van der Waals surface area (Å²) in [5, 5.41) is 8.66. The molecule has 1 fully saturated rings. The molecule has 2 rings (SSSR count). The maximum absolute atomic E-state index is 12.2. The molecular weight excluding hydrogens is 270 g/mol. The van der Waals surface area contributed by atoms with Crippen LogP contribution in [0.4, 0.5) is 0 Å². The summed E-state index contributed by atoms with van der Waals surface area (Å²) < 4.78 is 5.88. The number of hydrogen-bond donors (Lipinski definition) is 1. The van der Waals surface area contributed by atoms with Crippen molar-refractivity contribution in [3.63, 3.8) is 0 Å². The summed E-state index contributed by atoms with van der Waals surface area (Å²) in [6.45, 7) is 0.196. The minimum Gasteiger partial charge on any atom is -0.490 e. The fourth-order valence-electron chi connectivity index (χ4n) is 2.49. The molecule has 0 aromatic heterocycles. The van der Waals surface area contributed by atoms with Crippen LogP contribution in [0.25, 0.3) is 0 Å². The molecule has 1 amide bonds. The van der Waals surface area contributed by atoms with Crippen molar-refractivity contribution in [3.8, 4) is 5.75 Å². The maximum atomic E-state index is 12.2. The predicted octanol–water partition coefficient (Wildman–Crippen LogP) is 2.55. The van der Waals surface area contributed by atoms with Gasteiger partial charge in [0, 0.05) is 19.2 Å². The smallest absolute Gasteiger partial charge is 0.305 e. The summed E-state index contributed by atoms with van der Waals surface area (Å²) in [7, 11) is 1.61. The summed E-state index contributed by atoms with van der Waals surface area (Å²) in [4.78, 5) is 24.2. The Labute approximate surface area is 124 Å². The molecule has 114 valence electrons. The van der Waals surface area contributed by atoms with E-state index in [4.69, 9.17) is 9.84 Å². The minimum absolute atomic E-state index is 0.0551. The first-order valence-electron chi connectivity index (χ1n) is 7.30. The second kappa shape index (κ2) is 7.11. The molecule has 1 N–H and O–H groups in total. The Morgan fingerprint density at radius 3 is 2.71 bits per heavy atom. The lowest BCUT2D eigenvalue weighted by Crippen LogP contribution is -2.29. The highest BCUT2D eigenvalue weighted by Crippen LogP contribution is 2.24. The molecule has 0 bridgehead atoms. The number of hydrogen-bond acceptors (Lipinski definition) is 3. The third-order valence-electron chi connectivity index (χ3n) is 3.69. The lowest BCUT2D eigenvalue weighted by Gasteiger charge is -2.17. The van der Waals surface area contributed by atoms with Gasteiger partial charge in [-0.25, -0.2) is 0 Å². The lowest BCUT2D eigenvalue weighted by molar-refractivity contribution is -0.137. The first kappa shape index (κ1) is 15.4. The van der Waals surface area contributed by atoms with Crippen molar-refractivity contribution in [2.45, 2.75) is 38.2 Å². The predicted molar refractivity (Wildman–Crippen MR) is 78.5 cm³/mol. The number of carboxylic acids is 1. The zero-order valence-corrected chi connectivity index (χ0v) is 12.2. The molecule has 0 atom stereocenters. The van der Waals surface area contributed by atoms with Crippen molar-refractivity contribution in [1.82, 2.24) is 4.90 Å². The molecule has 21 heavy (non-hydrogen) atoms. The second-order valence-electron chi connectivity index (χ2n) is 5.42. The van der Waals surface area contributed by atoms with Crippen molar-refractivity contribution in [2.24, 2.45) is 0 Å². The number of ether oxygens (including phenoxy) is 1. The summed E-state index contributed by atoms with van der Waals surface area (Å²) >= 11 is 0. The van der Waals surface area contributed by atoms with Crippen molar-refractivity contribution in [3.05, 3.63) is 29.8 Å². The maximum Gasteiger partial charge on any atom is 0.305 e. The van der Waals surface area contributed by atoms with Crippen molar-refractivity contribution in [1.29, 1.82) is 0 Å². The van der Waals surface area contributed by atoms with Crippen LogP contribution in [0.15, 0.2) is 24.3 Å². The van der Waals surface area contributed by atoms with Gasteiger partial charge in [-0.2, -0.15) is 0 Å². The fourth-order valence-corrected chi connectivity index (χ4v) is 2.49. The van der Waals surface area contributed by atoms with E-state index in [1.54, 1.807) is 25.2 Å². The van der Waals surface area contributed by atoms with Crippen LogP contribution in [-0.4, -0.2) is 41.6 Å². The van der Waals surface area contributed by atoms with Gasteiger partial charge in [0.1, 0.15) is 5.75 Å². The number of amides is 1. The van der Waals surface area contributed by atoms with E-state index in [-0.39, 0.29) is 25.0 Å². The average molecular weight is 291 g/mol. The van der Waals surface area contributed by atoms with Gasteiger partial charge in [0.2, 0.25) is 0 Å². The van der Waals surface area contributed by atoms with Crippen LogP contribution in [0.5, 0.6) is 5.75 Å². The monoisotopic (exact) mass is 291 g/mol. The standard InChI is InChI=1S/C16H21NO4/c1-17(10-9-15(18)19)16(20)12-5-4-8-14(11-12)21-13-6-2-3-7-13/h4-5,8,11,13H,2-3,6-7,9-10H2,1H3,(H,18,19). The molecule has 0 aliphatic heterocycles. The molecule has 5 nitrogen and oxygen atoms in total. The normalized spacial score (nSPS) is 14.9. The Bertz CT molecular complexity index is 509. The fraction of sp³-hybridized carbons (Fsp3) is 0.500. The molecule has 5 heteroatoms. The first-order chi connectivity index (χ1) is 10.1. The van der Waals surface area contributed by atoms with Gasteiger partial charge < -0.3 is 14.7 Å². The van der Waals surface area contributed by atoms with E-state index < -0.39 is 5.97 Å². The van der Waals surface area contributed by atoms with Crippen LogP contribution in [0.1, 0.15) is 42.5 Å². The molecule has 1 saturated carbocycles. The van der Waals surface area contributed by atoms with E-state index >= 15 is 0 Å². The van der Waals surface area contributed by atoms with E-state index in [1.165, 1.54) is 17.7 Å². The van der Waals surface area contributed by atoms with Crippen molar-refractivity contribution in [2.75, 3.05) is 13.6 Å². The molecule has 1 aliphatic carbocycles. The molecule has 1 aliphatic rings. The Morgan fingerprint density at radius 2 is 2.05 bits per heavy atom. The molecule has 0 saturated heterocycles. The third kappa shape index (κ3) is 4.48.